The monoisotopic (exact) mass is 612 g/mol. The first-order valence-corrected chi connectivity index (χ1v) is 15.8. The summed E-state index contributed by atoms with van der Waals surface area (Å²) in [6.07, 6.45) is -0.316. The van der Waals surface area contributed by atoms with Crippen LogP contribution in [0.2, 0.25) is 0 Å². The first kappa shape index (κ1) is 30.0. The quantitative estimate of drug-likeness (QED) is 0.226. The SMILES string of the molecule is COC1CNC(Cl)CC1C1CC(C)NCC1C(=O)NC1NC2CN(C(=O)C3NC(Cl)CCC3C(F)F)CC2S1. The van der Waals surface area contributed by atoms with E-state index >= 15 is 0 Å². The zero-order valence-electron chi connectivity index (χ0n) is 22.3. The summed E-state index contributed by atoms with van der Waals surface area (Å²) in [5, 5.41) is 16.3. The van der Waals surface area contributed by atoms with Gasteiger partial charge in [0.15, 0.2) is 0 Å². The van der Waals surface area contributed by atoms with Gasteiger partial charge in [-0.25, -0.2) is 8.78 Å². The first-order valence-electron chi connectivity index (χ1n) is 14.0. The number of amides is 2. The van der Waals surface area contributed by atoms with Gasteiger partial charge < -0.3 is 20.3 Å². The molecule has 12 unspecified atom stereocenters. The Morgan fingerprint density at radius 3 is 2.56 bits per heavy atom. The van der Waals surface area contributed by atoms with Gasteiger partial charge in [-0.1, -0.05) is 0 Å². The second-order valence-corrected chi connectivity index (χ2v) is 14.0. The van der Waals surface area contributed by atoms with Crippen molar-refractivity contribution in [2.45, 2.75) is 85.0 Å². The molecule has 14 heteroatoms. The van der Waals surface area contributed by atoms with E-state index in [1.54, 1.807) is 23.8 Å². The van der Waals surface area contributed by atoms with Crippen molar-refractivity contribution >= 4 is 46.8 Å². The van der Waals surface area contributed by atoms with Crippen LogP contribution < -0.4 is 26.6 Å². The molecule has 0 bridgehead atoms. The predicted octanol–water partition coefficient (Wildman–Crippen LogP) is 1.30. The van der Waals surface area contributed by atoms with Crippen LogP contribution in [0.3, 0.4) is 0 Å². The van der Waals surface area contributed by atoms with Gasteiger partial charge in [-0.05, 0) is 44.4 Å². The Hall–Kier alpha value is -0.470. The fourth-order valence-corrected chi connectivity index (χ4v) is 9.04. The largest absolute Gasteiger partial charge is 0.380 e. The Morgan fingerprint density at radius 1 is 1.05 bits per heavy atom. The highest BCUT2D eigenvalue weighted by Gasteiger charge is 2.49. The number of fused-ring (bicyclic) bond motifs is 1. The van der Waals surface area contributed by atoms with Crippen LogP contribution >= 0.6 is 35.0 Å². The Balaban J connectivity index is 1.17. The topological polar surface area (TPSA) is 107 Å². The second kappa shape index (κ2) is 12.8. The van der Waals surface area contributed by atoms with Crippen molar-refractivity contribution < 1.29 is 23.1 Å². The molecule has 39 heavy (non-hydrogen) atoms. The van der Waals surface area contributed by atoms with Gasteiger partial charge in [0, 0.05) is 56.5 Å². The number of methoxy groups -OCH3 is 1. The number of nitrogens with one attached hydrogen (secondary N) is 5. The minimum atomic E-state index is -2.58. The maximum atomic E-state index is 13.6. The smallest absolute Gasteiger partial charge is 0.243 e. The number of likely N-dealkylation sites (tertiary alicyclic amines) is 1. The highest BCUT2D eigenvalue weighted by Crippen LogP contribution is 2.39. The van der Waals surface area contributed by atoms with Crippen LogP contribution in [0.25, 0.3) is 0 Å². The number of piperidine rings is 3. The van der Waals surface area contributed by atoms with Crippen LogP contribution in [0.5, 0.6) is 0 Å². The number of thioether (sulfide) groups is 1. The summed E-state index contributed by atoms with van der Waals surface area (Å²) in [5.41, 5.74) is -0.892. The van der Waals surface area contributed by atoms with Crippen LogP contribution in [0.15, 0.2) is 0 Å². The van der Waals surface area contributed by atoms with E-state index in [1.807, 2.05) is 0 Å². The first-order chi connectivity index (χ1) is 18.6. The van der Waals surface area contributed by atoms with Crippen molar-refractivity contribution in [2.24, 2.45) is 23.7 Å². The third-order valence-corrected chi connectivity index (χ3v) is 11.2. The standard InChI is InChI=1S/C25H40Cl2F2N6O3S/c1-11-5-13(14-6-20(27)31-8-17(14)38-2)15(7-30-11)23(36)34-25-32-16-9-35(10-18(16)39-25)24(37)21-12(22(28)29)3-4-19(26)33-21/h11-22,25,30-33H,3-10H2,1-2H3,(H,34,36). The molecule has 222 valence electrons. The molecule has 5 heterocycles. The molecule has 0 aliphatic carbocycles. The number of ether oxygens (including phenoxy) is 1. The van der Waals surface area contributed by atoms with E-state index < -0.39 is 23.9 Å². The normalized spacial score (nSPS) is 44.8. The molecule has 5 saturated heterocycles. The molecule has 5 N–H and O–H groups in total. The number of halogens is 4. The molecule has 0 saturated carbocycles. The third-order valence-electron chi connectivity index (χ3n) is 9.17. The summed E-state index contributed by atoms with van der Waals surface area (Å²) in [5.74, 6) is -1.24. The Labute approximate surface area is 242 Å². The zero-order chi connectivity index (χ0) is 27.8. The number of carbonyl (C=O) groups is 2. The van der Waals surface area contributed by atoms with Crippen molar-refractivity contribution in [2.75, 3.05) is 33.3 Å². The Morgan fingerprint density at radius 2 is 1.85 bits per heavy atom. The molecule has 5 aliphatic rings. The van der Waals surface area contributed by atoms with Crippen molar-refractivity contribution in [1.82, 2.24) is 31.5 Å². The zero-order valence-corrected chi connectivity index (χ0v) is 24.6. The highest BCUT2D eigenvalue weighted by molar-refractivity contribution is 8.00. The van der Waals surface area contributed by atoms with Gasteiger partial charge in [0.2, 0.25) is 18.2 Å². The average Bonchev–Trinajstić information content (AvgIpc) is 3.46. The van der Waals surface area contributed by atoms with E-state index in [1.165, 1.54) is 0 Å². The molecule has 0 radical (unpaired) electrons. The summed E-state index contributed by atoms with van der Waals surface area (Å²) in [6.45, 7) is 4.27. The maximum Gasteiger partial charge on any atom is 0.243 e. The average molecular weight is 614 g/mol. The number of rotatable bonds is 6. The lowest BCUT2D eigenvalue weighted by atomic mass is 9.70. The molecule has 0 aromatic rings. The molecule has 2 amide bonds. The molecule has 5 rings (SSSR count). The fraction of sp³-hybridized carbons (Fsp3) is 0.920. The Kier molecular flexibility index (Phi) is 9.85. The lowest BCUT2D eigenvalue weighted by Crippen LogP contribution is -2.58. The summed E-state index contributed by atoms with van der Waals surface area (Å²) in [6, 6.07) is -0.694. The van der Waals surface area contributed by atoms with Gasteiger partial charge in [0.05, 0.1) is 29.1 Å². The van der Waals surface area contributed by atoms with E-state index in [0.29, 0.717) is 38.6 Å². The lowest BCUT2D eigenvalue weighted by molar-refractivity contribution is -0.137. The minimum Gasteiger partial charge on any atom is -0.380 e. The van der Waals surface area contributed by atoms with Gasteiger partial charge in [-0.15, -0.1) is 35.0 Å². The fourth-order valence-electron chi connectivity index (χ4n) is 7.08. The molecule has 0 aromatic carbocycles. The molecule has 5 fully saturated rings. The van der Waals surface area contributed by atoms with E-state index in [9.17, 15) is 18.4 Å². The van der Waals surface area contributed by atoms with Gasteiger partial charge in [0.25, 0.3) is 0 Å². The molecule has 9 nitrogen and oxygen atoms in total. The van der Waals surface area contributed by atoms with Crippen LogP contribution in [-0.4, -0.2) is 102 Å². The van der Waals surface area contributed by atoms with Crippen LogP contribution in [0.1, 0.15) is 32.6 Å². The second-order valence-electron chi connectivity index (χ2n) is 11.6. The molecule has 0 aromatic heterocycles. The maximum absolute atomic E-state index is 13.6. The summed E-state index contributed by atoms with van der Waals surface area (Å²) in [7, 11) is 1.71. The van der Waals surface area contributed by atoms with Crippen LogP contribution in [-0.2, 0) is 14.3 Å². The Bertz CT molecular complexity index is 885. The van der Waals surface area contributed by atoms with Gasteiger partial charge >= 0.3 is 0 Å². The molecule has 5 aliphatic heterocycles. The molecule has 0 spiro atoms. The van der Waals surface area contributed by atoms with E-state index in [-0.39, 0.29) is 64.4 Å². The van der Waals surface area contributed by atoms with Gasteiger partial charge in [-0.3, -0.25) is 25.5 Å². The van der Waals surface area contributed by atoms with Crippen molar-refractivity contribution in [3.05, 3.63) is 0 Å². The number of hydrogen-bond donors (Lipinski definition) is 5. The van der Waals surface area contributed by atoms with E-state index in [4.69, 9.17) is 27.9 Å². The third kappa shape index (κ3) is 6.63. The number of hydrogen-bond acceptors (Lipinski definition) is 8. The minimum absolute atomic E-state index is 0.00357. The summed E-state index contributed by atoms with van der Waals surface area (Å²) >= 11 is 14.2. The molecule has 12 atom stereocenters. The summed E-state index contributed by atoms with van der Waals surface area (Å²) < 4.78 is 33.0. The highest BCUT2D eigenvalue weighted by atomic mass is 35.5. The summed E-state index contributed by atoms with van der Waals surface area (Å²) in [4.78, 5) is 28.4. The van der Waals surface area contributed by atoms with Crippen molar-refractivity contribution in [3.63, 3.8) is 0 Å². The van der Waals surface area contributed by atoms with Crippen molar-refractivity contribution in [3.8, 4) is 0 Å². The van der Waals surface area contributed by atoms with Gasteiger partial charge in [0.1, 0.15) is 5.50 Å². The van der Waals surface area contributed by atoms with E-state index in [2.05, 4.69) is 33.5 Å². The number of alkyl halides is 4. The predicted molar refractivity (Wildman–Crippen MR) is 148 cm³/mol. The lowest BCUT2D eigenvalue weighted by Gasteiger charge is -2.45. The van der Waals surface area contributed by atoms with Crippen LogP contribution in [0, 0.1) is 23.7 Å². The van der Waals surface area contributed by atoms with Crippen LogP contribution in [0.4, 0.5) is 8.78 Å². The number of carbonyl (C=O) groups excluding carboxylic acids is 2. The van der Waals surface area contributed by atoms with Crippen molar-refractivity contribution in [1.29, 1.82) is 0 Å². The molecular formula is C25H40Cl2F2N6O3S. The molecular weight excluding hydrogens is 573 g/mol. The van der Waals surface area contributed by atoms with Gasteiger partial charge in [-0.2, -0.15) is 0 Å². The number of nitrogens with zero attached hydrogens (tertiary/aromatic N) is 1. The van der Waals surface area contributed by atoms with E-state index in [0.717, 1.165) is 12.8 Å².